The summed E-state index contributed by atoms with van der Waals surface area (Å²) in [5, 5.41) is 8.82. The number of hydrogen-bond acceptors (Lipinski definition) is 5. The van der Waals surface area contributed by atoms with Gasteiger partial charge in [-0.05, 0) is 19.1 Å². The van der Waals surface area contributed by atoms with Crippen molar-refractivity contribution in [2.45, 2.75) is 17.9 Å². The predicted octanol–water partition coefficient (Wildman–Crippen LogP) is -0.0635. The summed E-state index contributed by atoms with van der Waals surface area (Å²) in [5.41, 5.74) is 5.74. The van der Waals surface area contributed by atoms with Crippen LogP contribution in [0.4, 0.5) is 5.69 Å². The number of nitrogens with one attached hydrogen (secondary N) is 1. The molecule has 0 fully saturated rings. The van der Waals surface area contributed by atoms with E-state index in [9.17, 15) is 8.42 Å². The Morgan fingerprint density at radius 2 is 2.18 bits per heavy atom. The molecule has 1 rings (SSSR count). The van der Waals surface area contributed by atoms with Crippen LogP contribution in [0.25, 0.3) is 0 Å². The molecule has 0 saturated heterocycles. The second-order valence-corrected chi connectivity index (χ2v) is 5.29. The summed E-state index contributed by atoms with van der Waals surface area (Å²) in [6, 6.07) is 3.73. The number of anilines is 1. The van der Waals surface area contributed by atoms with E-state index in [-0.39, 0.29) is 17.2 Å². The van der Waals surface area contributed by atoms with Crippen molar-refractivity contribution in [3.63, 3.8) is 0 Å². The van der Waals surface area contributed by atoms with Gasteiger partial charge >= 0.3 is 0 Å². The van der Waals surface area contributed by atoms with Gasteiger partial charge in [0.05, 0.1) is 19.4 Å². The van der Waals surface area contributed by atoms with Gasteiger partial charge in [-0.1, -0.05) is 0 Å². The first kappa shape index (κ1) is 13.8. The molecule has 0 unspecified atom stereocenters. The summed E-state index contributed by atoms with van der Waals surface area (Å²) < 4.78 is 31.0. The van der Waals surface area contributed by atoms with Gasteiger partial charge in [0.1, 0.15) is 10.6 Å². The predicted molar refractivity (Wildman–Crippen MR) is 64.3 cm³/mol. The van der Waals surface area contributed by atoms with E-state index in [0.717, 1.165) is 0 Å². The topological polar surface area (TPSA) is 102 Å². The molecule has 0 aromatic heterocycles. The molecule has 4 N–H and O–H groups in total. The fourth-order valence-corrected chi connectivity index (χ4v) is 2.61. The zero-order valence-corrected chi connectivity index (χ0v) is 10.5. The molecule has 0 saturated carbocycles. The molecular formula is C10H16N2O4S. The number of nitrogens with two attached hydrogens (primary N) is 1. The molecule has 0 spiro atoms. The molecule has 0 radical (unpaired) electrons. The summed E-state index contributed by atoms with van der Waals surface area (Å²) in [5.74, 6) is 0.483. The fraction of sp³-hybridized carbons (Fsp3) is 0.400. The van der Waals surface area contributed by atoms with Crippen molar-refractivity contribution in [1.82, 2.24) is 4.72 Å². The Labute approximate surface area is 100 Å². The first-order valence-electron chi connectivity index (χ1n) is 4.97. The van der Waals surface area contributed by atoms with Crippen molar-refractivity contribution >= 4 is 15.7 Å². The summed E-state index contributed by atoms with van der Waals surface area (Å²) in [6.07, 6.45) is 0. The Balaban J connectivity index is 3.07. The second-order valence-electron chi connectivity index (χ2n) is 3.61. The molecule has 7 heteroatoms. The van der Waals surface area contributed by atoms with E-state index in [1.54, 1.807) is 6.92 Å². The highest BCUT2D eigenvalue weighted by Gasteiger charge is 2.19. The van der Waals surface area contributed by atoms with Crippen LogP contribution >= 0.6 is 0 Å². The van der Waals surface area contributed by atoms with Crippen LogP contribution in [-0.2, 0) is 10.0 Å². The summed E-state index contributed by atoms with van der Waals surface area (Å²) in [6.45, 7) is 1.27. The molecule has 17 heavy (non-hydrogen) atoms. The Kier molecular flexibility index (Phi) is 4.33. The van der Waals surface area contributed by atoms with E-state index < -0.39 is 16.1 Å². The Hall–Kier alpha value is -1.31. The molecule has 0 aliphatic carbocycles. The minimum absolute atomic E-state index is 0.0291. The largest absolute Gasteiger partial charge is 0.497 e. The molecule has 0 aliphatic heterocycles. The van der Waals surface area contributed by atoms with Gasteiger partial charge in [0.25, 0.3) is 0 Å². The molecule has 0 aliphatic rings. The van der Waals surface area contributed by atoms with Gasteiger partial charge in [-0.25, -0.2) is 13.1 Å². The van der Waals surface area contributed by atoms with Gasteiger partial charge in [-0.2, -0.15) is 0 Å². The van der Waals surface area contributed by atoms with Crippen LogP contribution in [0, 0.1) is 0 Å². The van der Waals surface area contributed by atoms with Crippen LogP contribution in [0.15, 0.2) is 23.1 Å². The zero-order valence-electron chi connectivity index (χ0n) is 9.67. The average Bonchev–Trinajstić information content (AvgIpc) is 2.27. The number of sulfonamides is 1. The standard InChI is InChI=1S/C10H16N2O4S/c1-7(6-13)12-17(14,15)10-4-3-8(16-2)5-9(10)11/h3-5,7,12-13H,6,11H2,1-2H3/t7-/m0/s1. The highest BCUT2D eigenvalue weighted by atomic mass is 32.2. The van der Waals surface area contributed by atoms with E-state index in [1.165, 1.54) is 25.3 Å². The van der Waals surface area contributed by atoms with Crippen LogP contribution < -0.4 is 15.2 Å². The second kappa shape index (κ2) is 5.35. The maximum Gasteiger partial charge on any atom is 0.242 e. The Bertz CT molecular complexity index is 487. The number of rotatable bonds is 5. The lowest BCUT2D eigenvalue weighted by molar-refractivity contribution is 0.265. The maximum absolute atomic E-state index is 11.9. The zero-order chi connectivity index (χ0) is 13.1. The number of methoxy groups -OCH3 is 1. The first-order chi connectivity index (χ1) is 7.90. The monoisotopic (exact) mass is 260 g/mol. The molecule has 1 atom stereocenters. The van der Waals surface area contributed by atoms with Crippen LogP contribution in [0.1, 0.15) is 6.92 Å². The van der Waals surface area contributed by atoms with Crippen LogP contribution in [0.3, 0.4) is 0 Å². The number of aliphatic hydroxyl groups is 1. The summed E-state index contributed by atoms with van der Waals surface area (Å²) >= 11 is 0. The molecule has 1 aromatic carbocycles. The van der Waals surface area contributed by atoms with Gasteiger partial charge in [0, 0.05) is 12.1 Å². The van der Waals surface area contributed by atoms with Crippen molar-refractivity contribution in [2.24, 2.45) is 0 Å². The average molecular weight is 260 g/mol. The van der Waals surface area contributed by atoms with E-state index >= 15 is 0 Å². The normalized spacial score (nSPS) is 13.4. The minimum Gasteiger partial charge on any atom is -0.497 e. The lowest BCUT2D eigenvalue weighted by Crippen LogP contribution is -2.35. The Morgan fingerprint density at radius 3 is 2.65 bits per heavy atom. The highest BCUT2D eigenvalue weighted by molar-refractivity contribution is 7.89. The third-order valence-electron chi connectivity index (χ3n) is 2.14. The summed E-state index contributed by atoms with van der Waals surface area (Å²) in [7, 11) is -2.25. The number of nitrogen functional groups attached to an aromatic ring is 1. The van der Waals surface area contributed by atoms with Crippen molar-refractivity contribution in [1.29, 1.82) is 0 Å². The minimum atomic E-state index is -3.72. The number of benzene rings is 1. The maximum atomic E-state index is 11.9. The van der Waals surface area contributed by atoms with Crippen molar-refractivity contribution in [3.05, 3.63) is 18.2 Å². The van der Waals surface area contributed by atoms with Gasteiger partial charge in [0.15, 0.2) is 0 Å². The SMILES string of the molecule is COc1ccc(S(=O)(=O)N[C@@H](C)CO)c(N)c1. The Morgan fingerprint density at radius 1 is 1.53 bits per heavy atom. The molecule has 0 amide bonds. The first-order valence-corrected chi connectivity index (χ1v) is 6.45. The van der Waals surface area contributed by atoms with Gasteiger partial charge < -0.3 is 15.6 Å². The number of ether oxygens (including phenoxy) is 1. The quantitative estimate of drug-likeness (QED) is 0.644. The lowest BCUT2D eigenvalue weighted by Gasteiger charge is -2.13. The molecule has 0 heterocycles. The third kappa shape index (κ3) is 3.32. The summed E-state index contributed by atoms with van der Waals surface area (Å²) in [4.78, 5) is -0.0291. The molecule has 1 aromatic rings. The van der Waals surface area contributed by atoms with Crippen molar-refractivity contribution in [2.75, 3.05) is 19.5 Å². The fourth-order valence-electron chi connectivity index (χ4n) is 1.26. The number of hydrogen-bond donors (Lipinski definition) is 3. The van der Waals surface area contributed by atoms with Gasteiger partial charge in [-0.3, -0.25) is 0 Å². The number of aliphatic hydroxyl groups excluding tert-OH is 1. The van der Waals surface area contributed by atoms with Crippen LogP contribution in [0.2, 0.25) is 0 Å². The van der Waals surface area contributed by atoms with Crippen molar-refractivity contribution < 1.29 is 18.3 Å². The van der Waals surface area contributed by atoms with E-state index in [1.807, 2.05) is 0 Å². The van der Waals surface area contributed by atoms with Crippen LogP contribution in [0.5, 0.6) is 5.75 Å². The lowest BCUT2D eigenvalue weighted by atomic mass is 10.3. The van der Waals surface area contributed by atoms with Crippen LogP contribution in [-0.4, -0.2) is 33.3 Å². The van der Waals surface area contributed by atoms with E-state index in [2.05, 4.69) is 4.72 Å². The van der Waals surface area contributed by atoms with Gasteiger partial charge in [-0.15, -0.1) is 0 Å². The van der Waals surface area contributed by atoms with E-state index in [0.29, 0.717) is 5.75 Å². The molecule has 96 valence electrons. The molecular weight excluding hydrogens is 244 g/mol. The third-order valence-corrected chi connectivity index (χ3v) is 3.80. The molecule has 0 bridgehead atoms. The van der Waals surface area contributed by atoms with E-state index in [4.69, 9.17) is 15.6 Å². The van der Waals surface area contributed by atoms with Gasteiger partial charge in [0.2, 0.25) is 10.0 Å². The highest BCUT2D eigenvalue weighted by Crippen LogP contribution is 2.23. The molecule has 6 nitrogen and oxygen atoms in total. The van der Waals surface area contributed by atoms with Crippen molar-refractivity contribution in [3.8, 4) is 5.75 Å². The smallest absolute Gasteiger partial charge is 0.242 e.